The summed E-state index contributed by atoms with van der Waals surface area (Å²) in [5, 5.41) is 8.35. The Bertz CT molecular complexity index is 246. The van der Waals surface area contributed by atoms with Crippen molar-refractivity contribution in [1.82, 2.24) is 0 Å². The lowest BCUT2D eigenvalue weighted by molar-refractivity contribution is -0.146. The number of esters is 1. The topological polar surface area (TPSA) is 63.6 Å². The Hall–Kier alpha value is -1.32. The van der Waals surface area contributed by atoms with Gasteiger partial charge in [-0.15, -0.1) is 0 Å². The summed E-state index contributed by atoms with van der Waals surface area (Å²) in [7, 11) is 0. The van der Waals surface area contributed by atoms with Crippen LogP contribution in [0.3, 0.4) is 0 Å². The Kier molecular flexibility index (Phi) is 10.3. The van der Waals surface area contributed by atoms with E-state index in [2.05, 4.69) is 6.92 Å². The lowest BCUT2D eigenvalue weighted by Crippen LogP contribution is -2.07. The fourth-order valence-corrected chi connectivity index (χ4v) is 1.30. The van der Waals surface area contributed by atoms with Crippen LogP contribution in [0.5, 0.6) is 0 Å². The molecule has 17 heavy (non-hydrogen) atoms. The summed E-state index contributed by atoms with van der Waals surface area (Å²) in [6.45, 7) is 2.42. The standard InChI is InChI=1S/C13H22O4/c1-2-3-4-5-6-7-8-11-17-13(16)10-9-12(14)15/h7-8H,2-6,9-11H2,1H3,(H,14,15). The van der Waals surface area contributed by atoms with E-state index in [0.717, 1.165) is 12.8 Å². The van der Waals surface area contributed by atoms with Crippen LogP contribution < -0.4 is 0 Å². The fraction of sp³-hybridized carbons (Fsp3) is 0.692. The predicted octanol–water partition coefficient (Wildman–Crippen LogP) is 2.92. The van der Waals surface area contributed by atoms with E-state index >= 15 is 0 Å². The van der Waals surface area contributed by atoms with E-state index in [-0.39, 0.29) is 19.4 Å². The van der Waals surface area contributed by atoms with Crippen molar-refractivity contribution in [2.24, 2.45) is 0 Å². The SMILES string of the molecule is CCCCCCC=CCOC(=O)CCC(=O)O. The number of unbranched alkanes of at least 4 members (excludes halogenated alkanes) is 4. The van der Waals surface area contributed by atoms with Crippen LogP contribution in [0.1, 0.15) is 51.9 Å². The lowest BCUT2D eigenvalue weighted by Gasteiger charge is -1.99. The predicted molar refractivity (Wildman–Crippen MR) is 65.7 cm³/mol. The first kappa shape index (κ1) is 15.7. The van der Waals surface area contributed by atoms with E-state index in [4.69, 9.17) is 9.84 Å². The molecule has 98 valence electrons. The maximum Gasteiger partial charge on any atom is 0.306 e. The maximum absolute atomic E-state index is 11.0. The van der Waals surface area contributed by atoms with Gasteiger partial charge in [0.15, 0.2) is 0 Å². The third kappa shape index (κ3) is 12.6. The highest BCUT2D eigenvalue weighted by molar-refractivity contribution is 5.76. The number of carbonyl (C=O) groups excluding carboxylic acids is 1. The number of aliphatic carboxylic acids is 1. The van der Waals surface area contributed by atoms with Gasteiger partial charge < -0.3 is 9.84 Å². The molecule has 0 saturated heterocycles. The van der Waals surface area contributed by atoms with E-state index in [0.29, 0.717) is 0 Å². The molecule has 0 unspecified atom stereocenters. The molecule has 0 aromatic rings. The van der Waals surface area contributed by atoms with Crippen LogP contribution in [0.15, 0.2) is 12.2 Å². The lowest BCUT2D eigenvalue weighted by atomic mass is 10.1. The number of carboxylic acids is 1. The minimum Gasteiger partial charge on any atom is -0.481 e. The molecule has 0 fully saturated rings. The molecule has 4 heteroatoms. The van der Waals surface area contributed by atoms with Gasteiger partial charge in [0.25, 0.3) is 0 Å². The van der Waals surface area contributed by atoms with Crippen molar-refractivity contribution in [2.45, 2.75) is 51.9 Å². The number of carboxylic acid groups (broad SMARTS) is 1. The number of hydrogen-bond donors (Lipinski definition) is 1. The Morgan fingerprint density at radius 2 is 1.88 bits per heavy atom. The van der Waals surface area contributed by atoms with E-state index in [1.165, 1.54) is 19.3 Å². The van der Waals surface area contributed by atoms with Gasteiger partial charge in [0.2, 0.25) is 0 Å². The summed E-state index contributed by atoms with van der Waals surface area (Å²) >= 11 is 0. The van der Waals surface area contributed by atoms with Crippen molar-refractivity contribution in [2.75, 3.05) is 6.61 Å². The van der Waals surface area contributed by atoms with Gasteiger partial charge in [-0.05, 0) is 12.8 Å². The Labute approximate surface area is 103 Å². The second-order valence-corrected chi connectivity index (χ2v) is 3.90. The first-order chi connectivity index (χ1) is 8.16. The summed E-state index contributed by atoms with van der Waals surface area (Å²) < 4.78 is 4.83. The summed E-state index contributed by atoms with van der Waals surface area (Å²) in [6.07, 6.45) is 9.48. The molecule has 0 saturated carbocycles. The van der Waals surface area contributed by atoms with Crippen molar-refractivity contribution < 1.29 is 19.4 Å². The van der Waals surface area contributed by atoms with Gasteiger partial charge in [0.1, 0.15) is 6.61 Å². The van der Waals surface area contributed by atoms with Crippen molar-refractivity contribution in [3.63, 3.8) is 0 Å². The number of carbonyl (C=O) groups is 2. The van der Waals surface area contributed by atoms with Gasteiger partial charge in [0.05, 0.1) is 12.8 Å². The monoisotopic (exact) mass is 242 g/mol. The average Bonchev–Trinajstić information content (AvgIpc) is 2.30. The quantitative estimate of drug-likeness (QED) is 0.363. The van der Waals surface area contributed by atoms with Crippen LogP contribution >= 0.6 is 0 Å². The fourth-order valence-electron chi connectivity index (χ4n) is 1.30. The van der Waals surface area contributed by atoms with Crippen molar-refractivity contribution in [1.29, 1.82) is 0 Å². The van der Waals surface area contributed by atoms with E-state index in [1.807, 2.05) is 12.2 Å². The third-order valence-electron chi connectivity index (χ3n) is 2.27. The van der Waals surface area contributed by atoms with Gasteiger partial charge in [-0.3, -0.25) is 9.59 Å². The van der Waals surface area contributed by atoms with Crippen LogP contribution in [0.4, 0.5) is 0 Å². The molecule has 0 heterocycles. The van der Waals surface area contributed by atoms with Crippen LogP contribution in [0.2, 0.25) is 0 Å². The van der Waals surface area contributed by atoms with Gasteiger partial charge in [-0.1, -0.05) is 38.3 Å². The second-order valence-electron chi connectivity index (χ2n) is 3.90. The first-order valence-electron chi connectivity index (χ1n) is 6.19. The maximum atomic E-state index is 11.0. The van der Waals surface area contributed by atoms with Crippen molar-refractivity contribution >= 4 is 11.9 Å². The van der Waals surface area contributed by atoms with Crippen LogP contribution in [-0.4, -0.2) is 23.7 Å². The number of allylic oxidation sites excluding steroid dienone is 1. The van der Waals surface area contributed by atoms with Gasteiger partial charge in [-0.25, -0.2) is 0 Å². The molecule has 0 bridgehead atoms. The third-order valence-corrected chi connectivity index (χ3v) is 2.27. The highest BCUT2D eigenvalue weighted by Gasteiger charge is 2.04. The molecule has 0 radical (unpaired) electrons. The molecule has 4 nitrogen and oxygen atoms in total. The molecule has 0 aliphatic carbocycles. The largest absolute Gasteiger partial charge is 0.481 e. The Balaban J connectivity index is 3.33. The summed E-state index contributed by atoms with van der Waals surface area (Å²) in [5.74, 6) is -1.43. The summed E-state index contributed by atoms with van der Waals surface area (Å²) in [5.41, 5.74) is 0. The smallest absolute Gasteiger partial charge is 0.306 e. The molecule has 0 aliphatic heterocycles. The zero-order chi connectivity index (χ0) is 12.9. The summed E-state index contributed by atoms with van der Waals surface area (Å²) in [6, 6.07) is 0. The van der Waals surface area contributed by atoms with Gasteiger partial charge >= 0.3 is 11.9 Å². The molecule has 0 aliphatic rings. The van der Waals surface area contributed by atoms with Crippen LogP contribution in [0, 0.1) is 0 Å². The van der Waals surface area contributed by atoms with Crippen LogP contribution in [0.25, 0.3) is 0 Å². The number of ether oxygens (including phenoxy) is 1. The normalized spacial score (nSPS) is 10.6. The van der Waals surface area contributed by atoms with Crippen LogP contribution in [-0.2, 0) is 14.3 Å². The molecule has 1 N–H and O–H groups in total. The highest BCUT2D eigenvalue weighted by Crippen LogP contribution is 2.02. The average molecular weight is 242 g/mol. The molecule has 0 aromatic heterocycles. The van der Waals surface area contributed by atoms with E-state index < -0.39 is 11.9 Å². The molecule has 0 atom stereocenters. The summed E-state index contributed by atoms with van der Waals surface area (Å²) in [4.78, 5) is 21.2. The van der Waals surface area contributed by atoms with Crippen molar-refractivity contribution in [3.8, 4) is 0 Å². The molecular weight excluding hydrogens is 220 g/mol. The second kappa shape index (κ2) is 11.2. The van der Waals surface area contributed by atoms with Crippen molar-refractivity contribution in [3.05, 3.63) is 12.2 Å². The van der Waals surface area contributed by atoms with Gasteiger partial charge in [-0.2, -0.15) is 0 Å². The molecule has 0 spiro atoms. The van der Waals surface area contributed by atoms with E-state index in [1.54, 1.807) is 0 Å². The Morgan fingerprint density at radius 3 is 2.53 bits per heavy atom. The minimum absolute atomic E-state index is 0.0559. The number of hydrogen-bond acceptors (Lipinski definition) is 3. The molecular formula is C13H22O4. The highest BCUT2D eigenvalue weighted by atomic mass is 16.5. The molecule has 0 aromatic carbocycles. The molecule has 0 rings (SSSR count). The molecule has 0 amide bonds. The van der Waals surface area contributed by atoms with E-state index in [9.17, 15) is 9.59 Å². The number of rotatable bonds is 10. The zero-order valence-corrected chi connectivity index (χ0v) is 10.5. The first-order valence-corrected chi connectivity index (χ1v) is 6.19. The minimum atomic E-state index is -0.978. The zero-order valence-electron chi connectivity index (χ0n) is 10.5. The van der Waals surface area contributed by atoms with Gasteiger partial charge in [0, 0.05) is 0 Å². The Morgan fingerprint density at radius 1 is 1.12 bits per heavy atom.